The second kappa shape index (κ2) is 10.5. The van der Waals surface area contributed by atoms with Crippen LogP contribution in [0, 0.1) is 10.1 Å². The first-order valence-electron chi connectivity index (χ1n) is 9.72. The summed E-state index contributed by atoms with van der Waals surface area (Å²) >= 11 is 0. The SMILES string of the molecule is C/C(=N/NC(=O)COc1ccccc1[N+](=O)[O-])[C@@H](c1ccccc1)[NH+]1CCOCC1. The largest absolute Gasteiger partial charge is 0.477 e. The molecule has 2 aromatic carbocycles. The number of hydrogen-bond acceptors (Lipinski definition) is 6. The number of benzene rings is 2. The number of quaternary nitrogens is 1. The third-order valence-electron chi connectivity index (χ3n) is 4.87. The summed E-state index contributed by atoms with van der Waals surface area (Å²) in [6.45, 7) is 4.57. The molecule has 2 N–H and O–H groups in total. The van der Waals surface area contributed by atoms with Crippen molar-refractivity contribution in [3.8, 4) is 5.75 Å². The number of nitro groups is 1. The Morgan fingerprint density at radius 1 is 1.20 bits per heavy atom. The Morgan fingerprint density at radius 3 is 2.57 bits per heavy atom. The summed E-state index contributed by atoms with van der Waals surface area (Å²) in [5.74, 6) is -0.449. The molecule has 1 saturated heterocycles. The number of para-hydroxylation sites is 2. The lowest BCUT2D eigenvalue weighted by Gasteiger charge is -2.31. The van der Waals surface area contributed by atoms with Crippen molar-refractivity contribution < 1.29 is 24.1 Å². The highest BCUT2D eigenvalue weighted by atomic mass is 16.6. The minimum atomic E-state index is -0.550. The number of amides is 1. The minimum Gasteiger partial charge on any atom is -0.477 e. The summed E-state index contributed by atoms with van der Waals surface area (Å²) in [5.41, 5.74) is 4.18. The lowest BCUT2D eigenvalue weighted by molar-refractivity contribution is -0.928. The smallest absolute Gasteiger partial charge is 0.310 e. The molecule has 158 valence electrons. The van der Waals surface area contributed by atoms with Gasteiger partial charge in [-0.15, -0.1) is 0 Å². The van der Waals surface area contributed by atoms with E-state index in [1.54, 1.807) is 6.07 Å². The standard InChI is InChI=1S/C21H24N4O5/c1-16(21(17-7-3-2-4-8-17)24-11-13-29-14-12-24)22-23-20(26)15-30-19-10-6-5-9-18(19)25(27)28/h2-10,21H,11-15H2,1H3,(H,23,26)/p+1/b22-16-/t21-/m0/s1. The van der Waals surface area contributed by atoms with E-state index >= 15 is 0 Å². The number of ether oxygens (including phenoxy) is 2. The number of hydrogen-bond donors (Lipinski definition) is 2. The molecule has 3 rings (SSSR count). The molecular weight excluding hydrogens is 388 g/mol. The fraction of sp³-hybridized carbons (Fsp3) is 0.333. The van der Waals surface area contributed by atoms with E-state index in [2.05, 4.69) is 10.5 Å². The normalized spacial score (nSPS) is 16.0. The van der Waals surface area contributed by atoms with Crippen molar-refractivity contribution in [2.24, 2.45) is 5.10 Å². The highest BCUT2D eigenvalue weighted by Gasteiger charge is 2.29. The molecule has 1 fully saturated rings. The highest BCUT2D eigenvalue weighted by molar-refractivity contribution is 5.88. The number of morpholine rings is 1. The molecule has 0 aliphatic carbocycles. The predicted octanol–water partition coefficient (Wildman–Crippen LogP) is 1.12. The summed E-state index contributed by atoms with van der Waals surface area (Å²) in [5, 5.41) is 15.3. The lowest BCUT2D eigenvalue weighted by Crippen LogP contribution is -3.15. The van der Waals surface area contributed by atoms with Gasteiger partial charge < -0.3 is 14.4 Å². The second-order valence-electron chi connectivity index (χ2n) is 6.92. The van der Waals surface area contributed by atoms with Gasteiger partial charge in [0.05, 0.1) is 23.8 Å². The monoisotopic (exact) mass is 413 g/mol. The maximum absolute atomic E-state index is 12.2. The predicted molar refractivity (Wildman–Crippen MR) is 111 cm³/mol. The molecule has 0 bridgehead atoms. The number of carbonyl (C=O) groups excluding carboxylic acids is 1. The average Bonchev–Trinajstić information content (AvgIpc) is 2.78. The second-order valence-corrected chi connectivity index (χ2v) is 6.92. The first kappa shape index (κ1) is 21.4. The average molecular weight is 413 g/mol. The number of nitrogens with one attached hydrogen (secondary N) is 2. The van der Waals surface area contributed by atoms with Crippen LogP contribution in [0.4, 0.5) is 5.69 Å². The Bertz CT molecular complexity index is 897. The van der Waals surface area contributed by atoms with Gasteiger partial charge in [0, 0.05) is 11.6 Å². The maximum atomic E-state index is 12.2. The summed E-state index contributed by atoms with van der Waals surface area (Å²) in [7, 11) is 0. The molecule has 1 aliphatic heterocycles. The van der Waals surface area contributed by atoms with Crippen LogP contribution in [0.25, 0.3) is 0 Å². The Kier molecular flexibility index (Phi) is 7.47. The molecule has 0 saturated carbocycles. The van der Waals surface area contributed by atoms with Gasteiger partial charge in [-0.1, -0.05) is 42.5 Å². The Morgan fingerprint density at radius 2 is 1.87 bits per heavy atom. The summed E-state index contributed by atoms with van der Waals surface area (Å²) in [6, 6.07) is 15.9. The van der Waals surface area contributed by atoms with Gasteiger partial charge in [0.25, 0.3) is 5.91 Å². The number of nitrogens with zero attached hydrogens (tertiary/aromatic N) is 2. The number of nitro benzene ring substituents is 1. The molecule has 0 spiro atoms. The van der Waals surface area contributed by atoms with E-state index in [9.17, 15) is 14.9 Å². The van der Waals surface area contributed by atoms with Crippen molar-refractivity contribution in [3.63, 3.8) is 0 Å². The Labute approximate surface area is 174 Å². The van der Waals surface area contributed by atoms with E-state index in [1.165, 1.54) is 23.1 Å². The molecule has 0 aromatic heterocycles. The van der Waals surface area contributed by atoms with Crippen LogP contribution in [0.5, 0.6) is 5.75 Å². The first-order chi connectivity index (χ1) is 14.6. The molecule has 0 radical (unpaired) electrons. The Balaban J connectivity index is 1.65. The molecule has 1 atom stereocenters. The zero-order chi connectivity index (χ0) is 21.3. The van der Waals surface area contributed by atoms with Crippen molar-refractivity contribution in [1.29, 1.82) is 0 Å². The van der Waals surface area contributed by atoms with Crippen molar-refractivity contribution in [2.75, 3.05) is 32.9 Å². The van der Waals surface area contributed by atoms with Gasteiger partial charge in [-0.05, 0) is 13.0 Å². The summed E-state index contributed by atoms with van der Waals surface area (Å²) in [6.07, 6.45) is 0. The van der Waals surface area contributed by atoms with Crippen LogP contribution < -0.4 is 15.1 Å². The minimum absolute atomic E-state index is 0.00784. The van der Waals surface area contributed by atoms with Crippen molar-refractivity contribution in [1.82, 2.24) is 5.43 Å². The fourth-order valence-corrected chi connectivity index (χ4v) is 3.46. The van der Waals surface area contributed by atoms with Gasteiger partial charge in [-0.3, -0.25) is 14.9 Å². The van der Waals surface area contributed by atoms with Crippen LogP contribution in [-0.4, -0.2) is 49.5 Å². The van der Waals surface area contributed by atoms with Crippen LogP contribution in [0.2, 0.25) is 0 Å². The zero-order valence-corrected chi connectivity index (χ0v) is 16.7. The van der Waals surface area contributed by atoms with E-state index in [-0.39, 0.29) is 24.1 Å². The van der Waals surface area contributed by atoms with Gasteiger partial charge in [0.2, 0.25) is 0 Å². The number of carbonyl (C=O) groups is 1. The molecular formula is C21H25N4O5+. The molecule has 1 aliphatic rings. The third kappa shape index (κ3) is 5.62. The molecule has 0 unspecified atom stereocenters. The first-order valence-corrected chi connectivity index (χ1v) is 9.72. The fourth-order valence-electron chi connectivity index (χ4n) is 3.46. The quantitative estimate of drug-likeness (QED) is 0.383. The molecule has 1 amide bonds. The summed E-state index contributed by atoms with van der Waals surface area (Å²) in [4.78, 5) is 24.0. The van der Waals surface area contributed by atoms with E-state index in [1.807, 2.05) is 37.3 Å². The third-order valence-corrected chi connectivity index (χ3v) is 4.87. The number of rotatable bonds is 8. The van der Waals surface area contributed by atoms with Gasteiger partial charge in [0.1, 0.15) is 13.1 Å². The zero-order valence-electron chi connectivity index (χ0n) is 16.7. The lowest BCUT2D eigenvalue weighted by atomic mass is 10.0. The van der Waals surface area contributed by atoms with Crippen LogP contribution in [0.3, 0.4) is 0 Å². The van der Waals surface area contributed by atoms with Crippen LogP contribution in [-0.2, 0) is 9.53 Å². The molecule has 30 heavy (non-hydrogen) atoms. The molecule has 9 nitrogen and oxygen atoms in total. The molecule has 2 aromatic rings. The van der Waals surface area contributed by atoms with Crippen molar-refractivity contribution in [3.05, 3.63) is 70.3 Å². The van der Waals surface area contributed by atoms with Gasteiger partial charge in [-0.25, -0.2) is 5.43 Å². The maximum Gasteiger partial charge on any atom is 0.310 e. The van der Waals surface area contributed by atoms with E-state index < -0.39 is 10.8 Å². The van der Waals surface area contributed by atoms with Crippen LogP contribution >= 0.6 is 0 Å². The Hall–Kier alpha value is -3.30. The topological polar surface area (TPSA) is 108 Å². The molecule has 1 heterocycles. The van der Waals surface area contributed by atoms with Gasteiger partial charge >= 0.3 is 5.69 Å². The van der Waals surface area contributed by atoms with E-state index in [0.717, 1.165) is 24.4 Å². The summed E-state index contributed by atoms with van der Waals surface area (Å²) < 4.78 is 10.8. The number of hydrazone groups is 1. The van der Waals surface area contributed by atoms with Gasteiger partial charge in [0.15, 0.2) is 18.4 Å². The van der Waals surface area contributed by atoms with Crippen molar-refractivity contribution >= 4 is 17.3 Å². The van der Waals surface area contributed by atoms with Crippen molar-refractivity contribution in [2.45, 2.75) is 13.0 Å². The van der Waals surface area contributed by atoms with E-state index in [4.69, 9.17) is 9.47 Å². The highest BCUT2D eigenvalue weighted by Crippen LogP contribution is 2.25. The van der Waals surface area contributed by atoms with Gasteiger partial charge in [-0.2, -0.15) is 5.10 Å². The van der Waals surface area contributed by atoms with Crippen LogP contribution in [0.1, 0.15) is 18.5 Å². The molecule has 9 heteroatoms. The van der Waals surface area contributed by atoms with E-state index in [0.29, 0.717) is 13.2 Å². The van der Waals surface area contributed by atoms with Crippen LogP contribution in [0.15, 0.2) is 59.7 Å².